The summed E-state index contributed by atoms with van der Waals surface area (Å²) >= 11 is 0. The average Bonchev–Trinajstić information content (AvgIpc) is 2.95. The highest BCUT2D eigenvalue weighted by Crippen LogP contribution is 2.46. The monoisotopic (exact) mass is 239 g/mol. The van der Waals surface area contributed by atoms with Crippen LogP contribution in [0.1, 0.15) is 46.0 Å². The van der Waals surface area contributed by atoms with Crippen molar-refractivity contribution in [3.8, 4) is 0 Å². The van der Waals surface area contributed by atoms with Crippen LogP contribution in [0.2, 0.25) is 0 Å². The lowest BCUT2D eigenvalue weighted by Crippen LogP contribution is -2.45. The molecule has 0 saturated heterocycles. The number of nitrogens with one attached hydrogen (secondary N) is 1. The highest BCUT2D eigenvalue weighted by atomic mass is 16.4. The third-order valence-corrected chi connectivity index (χ3v) is 4.11. The third kappa shape index (κ3) is 2.45. The highest BCUT2D eigenvalue weighted by molar-refractivity contribution is 6.04. The second kappa shape index (κ2) is 4.31. The second-order valence-corrected chi connectivity index (χ2v) is 5.98. The van der Waals surface area contributed by atoms with Crippen molar-refractivity contribution >= 4 is 11.9 Å². The van der Waals surface area contributed by atoms with Crippen LogP contribution in [-0.2, 0) is 9.59 Å². The fourth-order valence-electron chi connectivity index (χ4n) is 3.05. The van der Waals surface area contributed by atoms with E-state index in [-0.39, 0.29) is 11.9 Å². The summed E-state index contributed by atoms with van der Waals surface area (Å²) in [7, 11) is 0. The van der Waals surface area contributed by atoms with Crippen molar-refractivity contribution in [2.24, 2.45) is 17.3 Å². The molecule has 0 aliphatic heterocycles. The van der Waals surface area contributed by atoms with Crippen LogP contribution in [0.3, 0.4) is 0 Å². The third-order valence-electron chi connectivity index (χ3n) is 4.11. The molecule has 2 fully saturated rings. The summed E-state index contributed by atoms with van der Waals surface area (Å²) in [6.07, 6.45) is 4.14. The lowest BCUT2D eigenvalue weighted by Gasteiger charge is -2.32. The zero-order valence-corrected chi connectivity index (χ0v) is 10.5. The van der Waals surface area contributed by atoms with E-state index < -0.39 is 11.4 Å². The largest absolute Gasteiger partial charge is 0.480 e. The Morgan fingerprint density at radius 2 is 1.65 bits per heavy atom. The number of carbonyl (C=O) groups is 2. The van der Waals surface area contributed by atoms with Crippen LogP contribution in [0.5, 0.6) is 0 Å². The Kier molecular flexibility index (Phi) is 3.15. The van der Waals surface area contributed by atoms with Crippen LogP contribution < -0.4 is 5.32 Å². The summed E-state index contributed by atoms with van der Waals surface area (Å²) < 4.78 is 0. The fourth-order valence-corrected chi connectivity index (χ4v) is 3.05. The Bertz CT molecular complexity index is 326. The molecule has 17 heavy (non-hydrogen) atoms. The number of hydrogen-bond acceptors (Lipinski definition) is 2. The summed E-state index contributed by atoms with van der Waals surface area (Å²) in [5.74, 6) is -0.00345. The van der Waals surface area contributed by atoms with Gasteiger partial charge >= 0.3 is 5.97 Å². The molecule has 2 N–H and O–H groups in total. The minimum absolute atomic E-state index is 0.165. The van der Waals surface area contributed by atoms with E-state index in [0.717, 1.165) is 12.8 Å². The van der Waals surface area contributed by atoms with Gasteiger partial charge in [-0.1, -0.05) is 13.8 Å². The Hall–Kier alpha value is -1.06. The molecule has 2 unspecified atom stereocenters. The maximum absolute atomic E-state index is 12.0. The highest BCUT2D eigenvalue weighted by Gasteiger charge is 2.57. The number of hydrogen-bond donors (Lipinski definition) is 2. The van der Waals surface area contributed by atoms with Crippen molar-refractivity contribution < 1.29 is 14.7 Å². The molecule has 4 nitrogen and oxygen atoms in total. The van der Waals surface area contributed by atoms with E-state index in [1.807, 2.05) is 0 Å². The zero-order chi connectivity index (χ0) is 12.6. The molecular weight excluding hydrogens is 218 g/mol. The first-order valence-electron chi connectivity index (χ1n) is 6.48. The molecule has 2 aliphatic rings. The van der Waals surface area contributed by atoms with E-state index in [1.54, 1.807) is 0 Å². The van der Waals surface area contributed by atoms with Crippen molar-refractivity contribution in [3.05, 3.63) is 0 Å². The van der Waals surface area contributed by atoms with Gasteiger partial charge in [0, 0.05) is 6.04 Å². The normalized spacial score (nSPS) is 35.1. The maximum Gasteiger partial charge on any atom is 0.319 e. The molecule has 0 radical (unpaired) electrons. The fraction of sp³-hybridized carbons (Fsp3) is 0.846. The van der Waals surface area contributed by atoms with Crippen LogP contribution >= 0.6 is 0 Å². The Morgan fingerprint density at radius 1 is 1.12 bits per heavy atom. The van der Waals surface area contributed by atoms with Crippen LogP contribution in [0.15, 0.2) is 0 Å². The molecule has 0 aromatic rings. The van der Waals surface area contributed by atoms with Crippen molar-refractivity contribution in [1.82, 2.24) is 5.32 Å². The van der Waals surface area contributed by atoms with Gasteiger partial charge in [0.15, 0.2) is 0 Å². The molecule has 2 saturated carbocycles. The van der Waals surface area contributed by atoms with Gasteiger partial charge in [0.2, 0.25) is 5.91 Å². The van der Waals surface area contributed by atoms with Crippen LogP contribution in [0.4, 0.5) is 0 Å². The number of carbonyl (C=O) groups excluding carboxylic acids is 1. The van der Waals surface area contributed by atoms with Crippen molar-refractivity contribution in [2.45, 2.75) is 52.0 Å². The minimum atomic E-state index is -1.09. The van der Waals surface area contributed by atoms with E-state index in [2.05, 4.69) is 19.2 Å². The van der Waals surface area contributed by atoms with E-state index in [4.69, 9.17) is 5.11 Å². The van der Waals surface area contributed by atoms with Gasteiger partial charge in [0.1, 0.15) is 5.41 Å². The van der Waals surface area contributed by atoms with Gasteiger partial charge in [-0.3, -0.25) is 9.59 Å². The topological polar surface area (TPSA) is 66.4 Å². The van der Waals surface area contributed by atoms with Gasteiger partial charge < -0.3 is 10.4 Å². The van der Waals surface area contributed by atoms with Gasteiger partial charge in [-0.25, -0.2) is 0 Å². The molecular formula is C13H21NO3. The van der Waals surface area contributed by atoms with E-state index in [0.29, 0.717) is 24.7 Å². The molecule has 0 heterocycles. The predicted octanol–water partition coefficient (Wildman–Crippen LogP) is 1.79. The first-order chi connectivity index (χ1) is 7.94. The molecule has 4 heteroatoms. The lowest BCUT2D eigenvalue weighted by atomic mass is 9.80. The molecule has 2 rings (SSSR count). The quantitative estimate of drug-likeness (QED) is 0.738. The van der Waals surface area contributed by atoms with Crippen molar-refractivity contribution in [2.75, 3.05) is 0 Å². The Labute approximate surface area is 102 Å². The standard InChI is InChI=1S/C13H21NO3/c1-8-5-9(2)7-10(6-8)14-11(15)13(3-4-13)12(16)17/h8-10H,3-7H2,1-2H3,(H,14,15)(H,16,17). The summed E-state index contributed by atoms with van der Waals surface area (Å²) in [5.41, 5.74) is -1.09. The van der Waals surface area contributed by atoms with Gasteiger partial charge in [-0.15, -0.1) is 0 Å². The van der Waals surface area contributed by atoms with Gasteiger partial charge in [-0.05, 0) is 43.9 Å². The molecule has 0 aromatic heterocycles. The zero-order valence-electron chi connectivity index (χ0n) is 10.5. The summed E-state index contributed by atoms with van der Waals surface area (Å²) in [4.78, 5) is 23.0. The number of carboxylic acid groups (broad SMARTS) is 1. The first-order valence-corrected chi connectivity index (χ1v) is 6.48. The molecule has 0 spiro atoms. The number of carboxylic acids is 1. The van der Waals surface area contributed by atoms with Gasteiger partial charge in [0.05, 0.1) is 0 Å². The van der Waals surface area contributed by atoms with Gasteiger partial charge in [-0.2, -0.15) is 0 Å². The molecule has 96 valence electrons. The van der Waals surface area contributed by atoms with Crippen molar-refractivity contribution in [1.29, 1.82) is 0 Å². The Morgan fingerprint density at radius 3 is 2.06 bits per heavy atom. The maximum atomic E-state index is 12.0. The summed E-state index contributed by atoms with van der Waals surface area (Å²) in [6, 6.07) is 0.165. The lowest BCUT2D eigenvalue weighted by molar-refractivity contribution is -0.149. The van der Waals surface area contributed by atoms with Gasteiger partial charge in [0.25, 0.3) is 0 Å². The molecule has 2 aliphatic carbocycles. The van der Waals surface area contributed by atoms with E-state index in [1.165, 1.54) is 6.42 Å². The van der Waals surface area contributed by atoms with Crippen molar-refractivity contribution in [3.63, 3.8) is 0 Å². The number of aliphatic carboxylic acids is 1. The molecule has 2 atom stereocenters. The Balaban J connectivity index is 1.93. The number of rotatable bonds is 3. The minimum Gasteiger partial charge on any atom is -0.480 e. The summed E-state index contributed by atoms with van der Waals surface area (Å²) in [6.45, 7) is 4.39. The van der Waals surface area contributed by atoms with Crippen LogP contribution in [0, 0.1) is 17.3 Å². The molecule has 0 aromatic carbocycles. The molecule has 1 amide bonds. The smallest absolute Gasteiger partial charge is 0.319 e. The second-order valence-electron chi connectivity index (χ2n) is 5.98. The summed E-state index contributed by atoms with van der Waals surface area (Å²) in [5, 5.41) is 12.0. The molecule has 0 bridgehead atoms. The predicted molar refractivity (Wildman–Crippen MR) is 63.4 cm³/mol. The number of amides is 1. The van der Waals surface area contributed by atoms with Crippen LogP contribution in [0.25, 0.3) is 0 Å². The average molecular weight is 239 g/mol. The SMILES string of the molecule is CC1CC(C)CC(NC(=O)C2(C(=O)O)CC2)C1. The van der Waals surface area contributed by atoms with Crippen LogP contribution in [-0.4, -0.2) is 23.0 Å². The first kappa shape index (κ1) is 12.4. The van der Waals surface area contributed by atoms with E-state index in [9.17, 15) is 9.59 Å². The van der Waals surface area contributed by atoms with E-state index >= 15 is 0 Å².